The summed E-state index contributed by atoms with van der Waals surface area (Å²) < 4.78 is 6.13. The quantitative estimate of drug-likeness (QED) is 0.723. The molecule has 0 aliphatic rings. The number of ether oxygens (including phenoxy) is 1. The van der Waals surface area contributed by atoms with Crippen LogP contribution >= 0.6 is 0 Å². The molecule has 0 aliphatic heterocycles. The highest BCUT2D eigenvalue weighted by Gasteiger charge is 2.18. The molecule has 0 aromatic heterocycles. The Morgan fingerprint density at radius 3 is 2.44 bits per heavy atom. The second-order valence-electron chi connectivity index (χ2n) is 4.63. The van der Waals surface area contributed by atoms with E-state index in [0.717, 1.165) is 11.4 Å². The summed E-state index contributed by atoms with van der Waals surface area (Å²) in [6.45, 7) is -0.181. The average Bonchev–Trinajstić information content (AvgIpc) is 2.25. The van der Waals surface area contributed by atoms with E-state index in [4.69, 9.17) is 9.84 Å². The second kappa shape index (κ2) is 5.30. The van der Waals surface area contributed by atoms with Crippen molar-refractivity contribution < 1.29 is 14.9 Å². The Morgan fingerprint density at radius 1 is 1.25 bits per heavy atom. The Morgan fingerprint density at radius 2 is 1.88 bits per heavy atom. The van der Waals surface area contributed by atoms with Gasteiger partial charge in [0.05, 0.1) is 27.7 Å². The number of quaternary nitrogens is 1. The minimum absolute atomic E-state index is 0.105. The van der Waals surface area contributed by atoms with Crippen LogP contribution in [-0.4, -0.2) is 50.7 Å². The van der Waals surface area contributed by atoms with Crippen LogP contribution in [-0.2, 0) is 0 Å². The molecule has 4 heteroatoms. The molecule has 4 nitrogen and oxygen atoms in total. The van der Waals surface area contributed by atoms with E-state index in [1.807, 2.05) is 45.4 Å². The zero-order valence-electron chi connectivity index (χ0n) is 10.1. The molecule has 0 aliphatic carbocycles. The summed E-state index contributed by atoms with van der Waals surface area (Å²) in [5.41, 5.74) is 1.03. The fraction of sp³-hybridized carbons (Fsp3) is 0.500. The summed E-state index contributed by atoms with van der Waals surface area (Å²) in [7, 11) is 6.14. The van der Waals surface area contributed by atoms with Crippen molar-refractivity contribution in [2.45, 2.75) is 6.10 Å². The van der Waals surface area contributed by atoms with E-state index >= 15 is 0 Å². The predicted octanol–water partition coefficient (Wildman–Crippen LogP) is 0.615. The van der Waals surface area contributed by atoms with Crippen LogP contribution in [0.15, 0.2) is 24.3 Å². The van der Waals surface area contributed by atoms with Crippen LogP contribution in [0.1, 0.15) is 0 Å². The summed E-state index contributed by atoms with van der Waals surface area (Å²) in [5.74, 6) is 0.738. The van der Waals surface area contributed by atoms with Gasteiger partial charge in [0.25, 0.3) is 0 Å². The molecule has 0 spiro atoms. The lowest BCUT2D eigenvalue weighted by atomic mass is 10.2. The van der Waals surface area contributed by atoms with Crippen LogP contribution in [0.3, 0.4) is 0 Å². The summed E-state index contributed by atoms with van der Waals surface area (Å²) in [4.78, 5) is 0. The van der Waals surface area contributed by atoms with Crippen molar-refractivity contribution in [3.63, 3.8) is 0 Å². The molecule has 0 amide bonds. The highest BCUT2D eigenvalue weighted by molar-refractivity contribution is 5.54. The van der Waals surface area contributed by atoms with Gasteiger partial charge >= 0.3 is 0 Å². The normalized spacial score (nSPS) is 13.6. The van der Waals surface area contributed by atoms with E-state index in [1.54, 1.807) is 0 Å². The lowest BCUT2D eigenvalue weighted by Crippen LogP contribution is -2.35. The van der Waals surface area contributed by atoms with E-state index in [2.05, 4.69) is 0 Å². The standard InChI is InChI=1S/C12H20NO3/c1-13(2,3)11-6-4-5-7-12(11)16-9-10(15)8-14/h4-7,10,14-15H,8-9H2,1-3H3/q+1. The van der Waals surface area contributed by atoms with E-state index in [0.29, 0.717) is 4.48 Å². The molecule has 0 heterocycles. The van der Waals surface area contributed by atoms with Gasteiger partial charge in [0.1, 0.15) is 12.7 Å². The van der Waals surface area contributed by atoms with Gasteiger partial charge in [0, 0.05) is 6.07 Å². The first-order valence-electron chi connectivity index (χ1n) is 5.28. The molecule has 1 atom stereocenters. The van der Waals surface area contributed by atoms with Crippen LogP contribution in [0.25, 0.3) is 0 Å². The lowest BCUT2D eigenvalue weighted by Gasteiger charge is -2.25. The third kappa shape index (κ3) is 3.48. The molecule has 0 fully saturated rings. The van der Waals surface area contributed by atoms with Crippen LogP contribution in [0.2, 0.25) is 0 Å². The zero-order valence-corrected chi connectivity index (χ0v) is 10.1. The summed E-state index contributed by atoms with van der Waals surface area (Å²) >= 11 is 0. The molecule has 2 N–H and O–H groups in total. The Hall–Kier alpha value is -1.10. The Labute approximate surface area is 96.3 Å². The maximum absolute atomic E-state index is 9.23. The minimum Gasteiger partial charge on any atom is -0.485 e. The van der Waals surface area contributed by atoms with Gasteiger partial charge in [-0.05, 0) is 6.07 Å². The van der Waals surface area contributed by atoms with Crippen LogP contribution < -0.4 is 9.22 Å². The summed E-state index contributed by atoms with van der Waals surface area (Å²) in [6.07, 6.45) is -0.833. The summed E-state index contributed by atoms with van der Waals surface area (Å²) in [5, 5.41) is 17.9. The fourth-order valence-electron chi connectivity index (χ4n) is 1.37. The number of hydrogen-bond donors (Lipinski definition) is 2. The molecule has 16 heavy (non-hydrogen) atoms. The number of rotatable bonds is 5. The number of benzene rings is 1. The Balaban J connectivity index is 2.80. The molecular weight excluding hydrogens is 206 g/mol. The molecule has 0 bridgehead atoms. The number of para-hydroxylation sites is 2. The molecule has 0 saturated carbocycles. The number of hydrogen-bond acceptors (Lipinski definition) is 3. The maximum Gasteiger partial charge on any atom is 0.180 e. The monoisotopic (exact) mass is 226 g/mol. The second-order valence-corrected chi connectivity index (χ2v) is 4.63. The Kier molecular flexibility index (Phi) is 4.29. The third-order valence-corrected chi connectivity index (χ3v) is 2.23. The van der Waals surface area contributed by atoms with Crippen molar-refractivity contribution >= 4 is 5.69 Å². The first kappa shape index (κ1) is 13.0. The number of nitrogens with zero attached hydrogens (tertiary/aromatic N) is 1. The molecule has 1 rings (SSSR count). The third-order valence-electron chi connectivity index (χ3n) is 2.23. The molecule has 1 aromatic rings. The first-order chi connectivity index (χ1) is 7.45. The lowest BCUT2D eigenvalue weighted by molar-refractivity contribution is 0.0533. The van der Waals surface area contributed by atoms with Crippen LogP contribution in [0, 0.1) is 0 Å². The minimum atomic E-state index is -0.833. The molecule has 1 aromatic carbocycles. The van der Waals surface area contributed by atoms with Crippen molar-refractivity contribution in [1.29, 1.82) is 0 Å². The van der Waals surface area contributed by atoms with Gasteiger partial charge < -0.3 is 14.9 Å². The highest BCUT2D eigenvalue weighted by Crippen LogP contribution is 2.29. The molecule has 90 valence electrons. The van der Waals surface area contributed by atoms with Crippen molar-refractivity contribution in [3.8, 4) is 5.75 Å². The number of aliphatic hydroxyl groups is 2. The van der Waals surface area contributed by atoms with E-state index in [-0.39, 0.29) is 13.2 Å². The fourth-order valence-corrected chi connectivity index (χ4v) is 1.37. The van der Waals surface area contributed by atoms with E-state index in [1.165, 1.54) is 0 Å². The van der Waals surface area contributed by atoms with Crippen molar-refractivity contribution in [1.82, 2.24) is 4.48 Å². The van der Waals surface area contributed by atoms with Gasteiger partial charge in [-0.25, -0.2) is 0 Å². The van der Waals surface area contributed by atoms with Gasteiger partial charge in [0.2, 0.25) is 0 Å². The molecule has 0 saturated heterocycles. The zero-order chi connectivity index (χ0) is 12.2. The summed E-state index contributed by atoms with van der Waals surface area (Å²) in [6, 6.07) is 7.69. The van der Waals surface area contributed by atoms with Gasteiger partial charge in [-0.3, -0.25) is 4.48 Å². The van der Waals surface area contributed by atoms with Gasteiger partial charge in [-0.2, -0.15) is 0 Å². The maximum atomic E-state index is 9.23. The van der Waals surface area contributed by atoms with Gasteiger partial charge in [-0.15, -0.1) is 0 Å². The van der Waals surface area contributed by atoms with Gasteiger partial charge in [0.15, 0.2) is 11.4 Å². The average molecular weight is 226 g/mol. The SMILES string of the molecule is C[N+](C)(C)c1ccccc1OCC(O)CO. The van der Waals surface area contributed by atoms with Gasteiger partial charge in [-0.1, -0.05) is 12.1 Å². The smallest absolute Gasteiger partial charge is 0.180 e. The molecule has 0 radical (unpaired) electrons. The van der Waals surface area contributed by atoms with Crippen molar-refractivity contribution in [2.24, 2.45) is 0 Å². The van der Waals surface area contributed by atoms with E-state index in [9.17, 15) is 5.11 Å². The molecule has 1 unspecified atom stereocenters. The predicted molar refractivity (Wildman–Crippen MR) is 64.6 cm³/mol. The number of aliphatic hydroxyl groups excluding tert-OH is 2. The first-order valence-corrected chi connectivity index (χ1v) is 5.28. The highest BCUT2D eigenvalue weighted by atomic mass is 16.5. The van der Waals surface area contributed by atoms with E-state index < -0.39 is 6.10 Å². The van der Waals surface area contributed by atoms with Crippen molar-refractivity contribution in [3.05, 3.63) is 24.3 Å². The largest absolute Gasteiger partial charge is 0.485 e. The van der Waals surface area contributed by atoms with Crippen molar-refractivity contribution in [2.75, 3.05) is 34.4 Å². The Bertz CT molecular complexity index is 333. The topological polar surface area (TPSA) is 49.7 Å². The molecular formula is C12H20NO3+. The van der Waals surface area contributed by atoms with Crippen LogP contribution in [0.5, 0.6) is 5.75 Å². The van der Waals surface area contributed by atoms with Crippen LogP contribution in [0.4, 0.5) is 5.69 Å².